The quantitative estimate of drug-likeness (QED) is 0.575. The van der Waals surface area contributed by atoms with Gasteiger partial charge >= 0.3 is 0 Å². The van der Waals surface area contributed by atoms with E-state index in [9.17, 15) is 9.00 Å². The van der Waals surface area contributed by atoms with Crippen molar-refractivity contribution in [3.8, 4) is 10.4 Å². The van der Waals surface area contributed by atoms with Crippen LogP contribution in [-0.4, -0.2) is 34.2 Å². The zero-order valence-corrected chi connectivity index (χ0v) is 20.0. The molecule has 1 aromatic carbocycles. The molecule has 1 aliphatic heterocycles. The zero-order chi connectivity index (χ0) is 21.8. The highest BCUT2D eigenvalue weighted by Gasteiger charge is 2.21. The van der Waals surface area contributed by atoms with Gasteiger partial charge in [0, 0.05) is 12.5 Å². The Morgan fingerprint density at radius 2 is 1.94 bits per heavy atom. The summed E-state index contributed by atoms with van der Waals surface area (Å²) < 4.78 is 16.3. The third-order valence-corrected chi connectivity index (χ3v) is 8.76. The van der Waals surface area contributed by atoms with Crippen LogP contribution in [0.3, 0.4) is 0 Å². The van der Waals surface area contributed by atoms with Gasteiger partial charge in [-0.3, -0.25) is 4.79 Å². The maximum atomic E-state index is 13.0. The maximum absolute atomic E-state index is 13.0. The highest BCUT2D eigenvalue weighted by atomic mass is 32.2. The summed E-state index contributed by atoms with van der Waals surface area (Å²) in [6, 6.07) is 6.34. The second-order valence-corrected chi connectivity index (χ2v) is 10.9. The first kappa shape index (κ1) is 22.6. The van der Waals surface area contributed by atoms with Crippen molar-refractivity contribution in [3.05, 3.63) is 29.5 Å². The smallest absolute Gasteiger partial charge is 0.226 e. The minimum atomic E-state index is -1.25. The SMILES string of the molecule is Cc1ccc(-c2sc(NC(=O)CC3CCCC3)nc2C)cc1S(=O)NC1CCNCC1. The van der Waals surface area contributed by atoms with Crippen molar-refractivity contribution in [3.63, 3.8) is 0 Å². The van der Waals surface area contributed by atoms with Crippen LogP contribution in [-0.2, 0) is 15.8 Å². The second-order valence-electron chi connectivity index (χ2n) is 8.73. The molecule has 1 aromatic heterocycles. The van der Waals surface area contributed by atoms with Crippen molar-refractivity contribution >= 4 is 33.4 Å². The van der Waals surface area contributed by atoms with E-state index in [4.69, 9.17) is 0 Å². The summed E-state index contributed by atoms with van der Waals surface area (Å²) in [4.78, 5) is 18.8. The lowest BCUT2D eigenvalue weighted by Crippen LogP contribution is -2.40. The van der Waals surface area contributed by atoms with Crippen LogP contribution in [0.4, 0.5) is 5.13 Å². The summed E-state index contributed by atoms with van der Waals surface area (Å²) in [5.74, 6) is 0.576. The monoisotopic (exact) mass is 460 g/mol. The molecule has 1 aliphatic carbocycles. The van der Waals surface area contributed by atoms with Gasteiger partial charge in [-0.25, -0.2) is 13.9 Å². The van der Waals surface area contributed by atoms with Gasteiger partial charge in [0.1, 0.15) is 11.0 Å². The molecule has 1 unspecified atom stereocenters. The first-order chi connectivity index (χ1) is 15.0. The van der Waals surface area contributed by atoms with Crippen LogP contribution in [0.2, 0.25) is 0 Å². The summed E-state index contributed by atoms with van der Waals surface area (Å²) in [5.41, 5.74) is 2.89. The average Bonchev–Trinajstić information content (AvgIpc) is 3.38. The van der Waals surface area contributed by atoms with E-state index < -0.39 is 11.0 Å². The molecule has 1 atom stereocenters. The molecule has 4 rings (SSSR count). The third kappa shape index (κ3) is 5.80. The predicted octanol–water partition coefficient (Wildman–Crippen LogP) is 4.31. The van der Waals surface area contributed by atoms with Crippen LogP contribution in [0.1, 0.15) is 56.2 Å². The summed E-state index contributed by atoms with van der Waals surface area (Å²) >= 11 is 1.49. The number of aryl methyl sites for hydroxylation is 2. The molecular formula is C23H32N4O2S2. The van der Waals surface area contributed by atoms with E-state index in [0.29, 0.717) is 17.5 Å². The molecule has 31 heavy (non-hydrogen) atoms. The maximum Gasteiger partial charge on any atom is 0.226 e. The van der Waals surface area contributed by atoms with Gasteiger partial charge < -0.3 is 10.6 Å². The van der Waals surface area contributed by atoms with Crippen molar-refractivity contribution in [1.29, 1.82) is 0 Å². The first-order valence-electron chi connectivity index (χ1n) is 11.3. The lowest BCUT2D eigenvalue weighted by molar-refractivity contribution is -0.117. The Kier molecular flexibility index (Phi) is 7.53. The molecular weight excluding hydrogens is 428 g/mol. The molecule has 6 nitrogen and oxygen atoms in total. The number of hydrogen-bond acceptors (Lipinski definition) is 5. The van der Waals surface area contributed by atoms with Gasteiger partial charge in [0.25, 0.3) is 0 Å². The van der Waals surface area contributed by atoms with Crippen LogP contribution in [0.15, 0.2) is 23.1 Å². The van der Waals surface area contributed by atoms with E-state index in [-0.39, 0.29) is 11.9 Å². The molecule has 2 aromatic rings. The summed E-state index contributed by atoms with van der Waals surface area (Å²) in [5, 5.41) is 6.98. The van der Waals surface area contributed by atoms with Crippen LogP contribution in [0, 0.1) is 19.8 Å². The Hall–Kier alpha value is -1.61. The molecule has 2 fully saturated rings. The van der Waals surface area contributed by atoms with Crippen LogP contribution >= 0.6 is 11.3 Å². The molecule has 1 saturated carbocycles. The predicted molar refractivity (Wildman–Crippen MR) is 128 cm³/mol. The van der Waals surface area contributed by atoms with E-state index in [0.717, 1.165) is 65.4 Å². The largest absolute Gasteiger partial charge is 0.317 e. The number of nitrogens with zero attached hydrogens (tertiary/aromatic N) is 1. The Labute approximate surface area is 191 Å². The number of amides is 1. The number of nitrogens with one attached hydrogen (secondary N) is 3. The van der Waals surface area contributed by atoms with E-state index >= 15 is 0 Å². The van der Waals surface area contributed by atoms with Crippen molar-refractivity contribution < 1.29 is 9.00 Å². The van der Waals surface area contributed by atoms with Gasteiger partial charge in [-0.1, -0.05) is 36.3 Å². The Balaban J connectivity index is 1.46. The summed E-state index contributed by atoms with van der Waals surface area (Å²) in [7, 11) is -1.25. The highest BCUT2D eigenvalue weighted by molar-refractivity contribution is 7.83. The summed E-state index contributed by atoms with van der Waals surface area (Å²) in [6.07, 6.45) is 7.35. The van der Waals surface area contributed by atoms with Gasteiger partial charge in [-0.15, -0.1) is 0 Å². The van der Waals surface area contributed by atoms with Crippen molar-refractivity contribution in [1.82, 2.24) is 15.0 Å². The highest BCUT2D eigenvalue weighted by Crippen LogP contribution is 2.35. The lowest BCUT2D eigenvalue weighted by Gasteiger charge is -2.23. The number of piperidine rings is 1. The summed E-state index contributed by atoms with van der Waals surface area (Å²) in [6.45, 7) is 5.88. The Morgan fingerprint density at radius 1 is 1.19 bits per heavy atom. The molecule has 2 aliphatic rings. The van der Waals surface area contributed by atoms with Gasteiger partial charge in [-0.2, -0.15) is 0 Å². The standard InChI is InChI=1S/C23H32N4O2S2/c1-15-7-8-18(14-20(15)31(29)27-19-9-11-24-12-10-19)22-16(2)25-23(30-22)26-21(28)13-17-5-3-4-6-17/h7-8,14,17,19,24,27H,3-6,9-13H2,1-2H3,(H,25,26,28). The topological polar surface area (TPSA) is 83.1 Å². The molecule has 2 heterocycles. The van der Waals surface area contributed by atoms with Gasteiger partial charge in [0.2, 0.25) is 5.91 Å². The minimum Gasteiger partial charge on any atom is -0.317 e. The fourth-order valence-corrected chi connectivity index (χ4v) is 6.70. The van der Waals surface area contributed by atoms with Crippen LogP contribution < -0.4 is 15.4 Å². The number of aromatic nitrogens is 1. The molecule has 1 saturated heterocycles. The zero-order valence-electron chi connectivity index (χ0n) is 18.3. The molecule has 0 radical (unpaired) electrons. The number of rotatable bonds is 7. The normalized spacial score (nSPS) is 18.9. The van der Waals surface area contributed by atoms with Gasteiger partial charge in [-0.05, 0) is 75.7 Å². The van der Waals surface area contributed by atoms with E-state index in [1.54, 1.807) is 0 Å². The van der Waals surface area contributed by atoms with Crippen LogP contribution in [0.25, 0.3) is 10.4 Å². The number of anilines is 1. The Morgan fingerprint density at radius 3 is 2.68 bits per heavy atom. The van der Waals surface area contributed by atoms with E-state index in [1.807, 2.05) is 32.0 Å². The first-order valence-corrected chi connectivity index (χ1v) is 13.2. The molecule has 168 valence electrons. The molecule has 0 spiro atoms. The fraction of sp³-hybridized carbons (Fsp3) is 0.565. The second kappa shape index (κ2) is 10.3. The fourth-order valence-electron chi connectivity index (χ4n) is 4.46. The Bertz CT molecular complexity index is 947. The van der Waals surface area contributed by atoms with Crippen LogP contribution in [0.5, 0.6) is 0 Å². The molecule has 3 N–H and O–H groups in total. The van der Waals surface area contributed by atoms with Crippen molar-refractivity contribution in [2.75, 3.05) is 18.4 Å². The number of carbonyl (C=O) groups is 1. The number of benzene rings is 1. The average molecular weight is 461 g/mol. The van der Waals surface area contributed by atoms with E-state index in [1.165, 1.54) is 24.2 Å². The van der Waals surface area contributed by atoms with Gasteiger partial charge in [0.15, 0.2) is 5.13 Å². The molecule has 1 amide bonds. The molecule has 8 heteroatoms. The number of hydrogen-bond donors (Lipinski definition) is 3. The van der Waals surface area contributed by atoms with Crippen molar-refractivity contribution in [2.24, 2.45) is 5.92 Å². The molecule has 0 bridgehead atoms. The number of thiazole rings is 1. The van der Waals surface area contributed by atoms with E-state index in [2.05, 4.69) is 20.3 Å². The number of carbonyl (C=O) groups excluding carboxylic acids is 1. The third-order valence-electron chi connectivity index (χ3n) is 6.25. The minimum absolute atomic E-state index is 0.0593. The van der Waals surface area contributed by atoms with Gasteiger partial charge in [0.05, 0.1) is 15.5 Å². The van der Waals surface area contributed by atoms with Crippen molar-refractivity contribution in [2.45, 2.75) is 69.7 Å². The lowest BCUT2D eigenvalue weighted by atomic mass is 10.0.